The number of hydrogen-bond acceptors (Lipinski definition) is 2. The Morgan fingerprint density at radius 1 is 0.944 bits per heavy atom. The zero-order chi connectivity index (χ0) is 13.6. The summed E-state index contributed by atoms with van der Waals surface area (Å²) in [6, 6.07) is 13.8. The summed E-state index contributed by atoms with van der Waals surface area (Å²) in [6.07, 6.45) is 0. The molecule has 0 amide bonds. The molecule has 0 saturated carbocycles. The minimum Gasteiger partial charge on any atom is -0.229 e. The highest BCUT2D eigenvalue weighted by molar-refractivity contribution is 7.90. The molecule has 0 aliphatic heterocycles. The van der Waals surface area contributed by atoms with E-state index in [1.807, 2.05) is 56.3 Å². The van der Waals surface area contributed by atoms with Gasteiger partial charge in [0.05, 0.1) is 5.75 Å². The second-order valence-corrected chi connectivity index (χ2v) is 6.21. The largest absolute Gasteiger partial charge is 0.229 e. The van der Waals surface area contributed by atoms with Crippen LogP contribution < -0.4 is 0 Å². The molecule has 18 heavy (non-hydrogen) atoms. The molecule has 0 aliphatic rings. The van der Waals surface area contributed by atoms with Gasteiger partial charge >= 0.3 is 0 Å². The highest BCUT2D eigenvalue weighted by atomic mass is 32.2. The summed E-state index contributed by atoms with van der Waals surface area (Å²) in [5, 5.41) is 2.23. The van der Waals surface area contributed by atoms with Crippen LogP contribution in [-0.2, 0) is 15.6 Å². The minimum atomic E-state index is -2.94. The van der Waals surface area contributed by atoms with E-state index in [-0.39, 0.29) is 11.5 Å². The highest BCUT2D eigenvalue weighted by Gasteiger charge is 2.08. The van der Waals surface area contributed by atoms with E-state index in [2.05, 4.69) is 0 Å². The van der Waals surface area contributed by atoms with Gasteiger partial charge < -0.3 is 0 Å². The van der Waals surface area contributed by atoms with Gasteiger partial charge in [0, 0.05) is 5.75 Å². The van der Waals surface area contributed by atoms with Gasteiger partial charge in [0.2, 0.25) is 0 Å². The second kappa shape index (κ2) is 6.55. The van der Waals surface area contributed by atoms with E-state index in [1.54, 1.807) is 6.92 Å². The predicted molar refractivity (Wildman–Crippen MR) is 78.5 cm³/mol. The van der Waals surface area contributed by atoms with Crippen molar-refractivity contribution in [2.45, 2.75) is 26.5 Å². The molecule has 0 heterocycles. The van der Waals surface area contributed by atoms with Crippen molar-refractivity contribution in [3.8, 4) is 0 Å². The van der Waals surface area contributed by atoms with Crippen LogP contribution in [0.4, 0.5) is 0 Å². The van der Waals surface area contributed by atoms with Gasteiger partial charge in [0.15, 0.2) is 9.84 Å². The summed E-state index contributed by atoms with van der Waals surface area (Å²) in [7, 11) is -2.94. The Kier molecular flexibility index (Phi) is 5.35. The third-order valence-corrected chi connectivity index (χ3v) is 4.29. The normalized spacial score (nSPS) is 10.8. The molecule has 0 aromatic heterocycles. The summed E-state index contributed by atoms with van der Waals surface area (Å²) in [6.45, 7) is 5.68. The first-order chi connectivity index (χ1) is 8.61. The monoisotopic (exact) mass is 264 g/mol. The van der Waals surface area contributed by atoms with Crippen LogP contribution in [0.25, 0.3) is 10.8 Å². The van der Waals surface area contributed by atoms with Gasteiger partial charge in [-0.05, 0) is 16.3 Å². The SMILES string of the molecule is CC.CCS(=O)(=O)Cc1ccc2ccccc2c1. The average Bonchev–Trinajstić information content (AvgIpc) is 2.40. The summed E-state index contributed by atoms with van der Waals surface area (Å²) in [4.78, 5) is 0. The molecule has 2 nitrogen and oxygen atoms in total. The second-order valence-electron chi connectivity index (χ2n) is 3.86. The van der Waals surface area contributed by atoms with Crippen LogP contribution in [0.5, 0.6) is 0 Å². The van der Waals surface area contributed by atoms with Crippen LogP contribution in [-0.4, -0.2) is 14.2 Å². The standard InChI is InChI=1S/C13H14O2S.C2H6/c1-2-16(14,15)10-11-7-8-12-5-3-4-6-13(12)9-11;1-2/h3-9H,2,10H2,1H3;1-2H3. The molecule has 2 aromatic carbocycles. The summed E-state index contributed by atoms with van der Waals surface area (Å²) in [5.41, 5.74) is 0.862. The van der Waals surface area contributed by atoms with Crippen molar-refractivity contribution in [1.29, 1.82) is 0 Å². The van der Waals surface area contributed by atoms with Gasteiger partial charge in [-0.15, -0.1) is 0 Å². The molecule has 0 aliphatic carbocycles. The van der Waals surface area contributed by atoms with Crippen LogP contribution in [0.2, 0.25) is 0 Å². The fourth-order valence-electron chi connectivity index (χ4n) is 1.68. The highest BCUT2D eigenvalue weighted by Crippen LogP contribution is 2.17. The number of benzene rings is 2. The van der Waals surface area contributed by atoms with E-state index < -0.39 is 9.84 Å². The van der Waals surface area contributed by atoms with Crippen LogP contribution >= 0.6 is 0 Å². The van der Waals surface area contributed by atoms with Crippen molar-refractivity contribution >= 4 is 20.6 Å². The van der Waals surface area contributed by atoms with Crippen molar-refractivity contribution in [3.05, 3.63) is 48.0 Å². The first-order valence-electron chi connectivity index (χ1n) is 6.29. The van der Waals surface area contributed by atoms with Gasteiger partial charge in [0.1, 0.15) is 0 Å². The molecule has 0 N–H and O–H groups in total. The molecule has 0 bridgehead atoms. The van der Waals surface area contributed by atoms with Gasteiger partial charge in [-0.25, -0.2) is 8.42 Å². The van der Waals surface area contributed by atoms with E-state index in [1.165, 1.54) is 0 Å². The summed E-state index contributed by atoms with van der Waals surface area (Å²) < 4.78 is 23.0. The third-order valence-electron chi connectivity index (χ3n) is 2.64. The molecular weight excluding hydrogens is 244 g/mol. The maximum atomic E-state index is 11.5. The Morgan fingerprint density at radius 2 is 1.56 bits per heavy atom. The molecule has 0 atom stereocenters. The molecule has 3 heteroatoms. The maximum absolute atomic E-state index is 11.5. The fraction of sp³-hybridized carbons (Fsp3) is 0.333. The van der Waals surface area contributed by atoms with Crippen LogP contribution in [0.3, 0.4) is 0 Å². The smallest absolute Gasteiger partial charge is 0.154 e. The van der Waals surface area contributed by atoms with E-state index in [0.717, 1.165) is 16.3 Å². The van der Waals surface area contributed by atoms with Crippen LogP contribution in [0.1, 0.15) is 26.3 Å². The molecule has 2 rings (SSSR count). The maximum Gasteiger partial charge on any atom is 0.154 e. The number of fused-ring (bicyclic) bond motifs is 1. The summed E-state index contributed by atoms with van der Waals surface area (Å²) in [5.74, 6) is 0.328. The number of hydrogen-bond donors (Lipinski definition) is 0. The van der Waals surface area contributed by atoms with E-state index in [9.17, 15) is 8.42 Å². The Labute approximate surface area is 110 Å². The molecule has 98 valence electrons. The minimum absolute atomic E-state index is 0.133. The van der Waals surface area contributed by atoms with Crippen LogP contribution in [0.15, 0.2) is 42.5 Å². The zero-order valence-corrected chi connectivity index (χ0v) is 12.0. The Bertz CT molecular complexity index is 601. The Hall–Kier alpha value is -1.35. The van der Waals surface area contributed by atoms with E-state index in [0.29, 0.717) is 0 Å². The molecule has 0 unspecified atom stereocenters. The van der Waals surface area contributed by atoms with Crippen molar-refractivity contribution in [1.82, 2.24) is 0 Å². The fourth-order valence-corrected chi connectivity index (χ4v) is 2.58. The van der Waals surface area contributed by atoms with Gasteiger partial charge in [-0.1, -0.05) is 63.2 Å². The zero-order valence-electron chi connectivity index (χ0n) is 11.2. The van der Waals surface area contributed by atoms with E-state index >= 15 is 0 Å². The van der Waals surface area contributed by atoms with Crippen molar-refractivity contribution < 1.29 is 8.42 Å². The number of rotatable bonds is 3. The molecule has 0 radical (unpaired) electrons. The summed E-state index contributed by atoms with van der Waals surface area (Å²) >= 11 is 0. The molecule has 0 fully saturated rings. The van der Waals surface area contributed by atoms with Gasteiger partial charge in [0.25, 0.3) is 0 Å². The lowest BCUT2D eigenvalue weighted by molar-refractivity contribution is 0.596. The topological polar surface area (TPSA) is 34.1 Å². The molecule has 0 spiro atoms. The first kappa shape index (κ1) is 14.7. The molecule has 0 saturated heterocycles. The lowest BCUT2D eigenvalue weighted by atomic mass is 10.1. The van der Waals surface area contributed by atoms with E-state index in [4.69, 9.17) is 0 Å². The first-order valence-corrected chi connectivity index (χ1v) is 8.11. The third kappa shape index (κ3) is 3.84. The quantitative estimate of drug-likeness (QED) is 0.845. The predicted octanol–water partition coefficient (Wildman–Crippen LogP) is 3.80. The van der Waals surface area contributed by atoms with Crippen molar-refractivity contribution in [3.63, 3.8) is 0 Å². The Balaban J connectivity index is 0.000000771. The molecular formula is C15H20O2S. The van der Waals surface area contributed by atoms with Gasteiger partial charge in [-0.3, -0.25) is 0 Å². The average molecular weight is 264 g/mol. The molecule has 2 aromatic rings. The number of sulfone groups is 1. The Morgan fingerprint density at radius 3 is 2.17 bits per heavy atom. The van der Waals surface area contributed by atoms with Crippen LogP contribution in [0, 0.1) is 0 Å². The lowest BCUT2D eigenvalue weighted by Gasteiger charge is -2.03. The van der Waals surface area contributed by atoms with Gasteiger partial charge in [-0.2, -0.15) is 0 Å². The van der Waals surface area contributed by atoms with Crippen molar-refractivity contribution in [2.75, 3.05) is 5.75 Å². The lowest BCUT2D eigenvalue weighted by Crippen LogP contribution is -2.06. The van der Waals surface area contributed by atoms with Crippen molar-refractivity contribution in [2.24, 2.45) is 0 Å².